The minimum atomic E-state index is -1.19. The van der Waals surface area contributed by atoms with Crippen LogP contribution < -0.4 is 10.6 Å². The number of methoxy groups -OCH3 is 1. The second kappa shape index (κ2) is 10.1. The number of fused-ring (bicyclic) bond motifs is 3. The van der Waals surface area contributed by atoms with Crippen molar-refractivity contribution in [2.45, 2.75) is 31.3 Å². The molecule has 1 aliphatic rings. The molecule has 2 atom stereocenters. The summed E-state index contributed by atoms with van der Waals surface area (Å²) < 4.78 is 10.2. The predicted octanol–water partition coefficient (Wildman–Crippen LogP) is 2.52. The molecule has 3 rings (SSSR count). The van der Waals surface area contributed by atoms with Crippen molar-refractivity contribution in [3.05, 3.63) is 59.7 Å². The molecule has 2 amide bonds. The molecule has 0 spiro atoms. The summed E-state index contributed by atoms with van der Waals surface area (Å²) in [6.07, 6.45) is -0.716. The number of carbonyl (C=O) groups is 3. The van der Waals surface area contributed by atoms with Gasteiger partial charge >= 0.3 is 12.1 Å². The lowest BCUT2D eigenvalue weighted by atomic mass is 9.98. The van der Waals surface area contributed by atoms with Gasteiger partial charge in [-0.2, -0.15) is 0 Å². The molecular formula is C23H26N2O6. The third-order valence-electron chi connectivity index (χ3n) is 5.17. The summed E-state index contributed by atoms with van der Waals surface area (Å²) in [6.45, 7) is 1.68. The molecule has 0 bridgehead atoms. The first-order valence-electron chi connectivity index (χ1n) is 10.0. The van der Waals surface area contributed by atoms with Crippen LogP contribution in [0.2, 0.25) is 0 Å². The number of aliphatic carboxylic acids is 1. The summed E-state index contributed by atoms with van der Waals surface area (Å²) in [5, 5.41) is 14.0. The van der Waals surface area contributed by atoms with Crippen LogP contribution >= 0.6 is 0 Å². The lowest BCUT2D eigenvalue weighted by Crippen LogP contribution is -2.46. The van der Waals surface area contributed by atoms with Crippen LogP contribution in [0, 0.1) is 0 Å². The monoisotopic (exact) mass is 426 g/mol. The molecule has 2 aromatic carbocycles. The molecule has 0 radical (unpaired) electrons. The molecule has 1 unspecified atom stereocenters. The van der Waals surface area contributed by atoms with Crippen molar-refractivity contribution in [1.29, 1.82) is 0 Å². The Morgan fingerprint density at radius 1 is 1.00 bits per heavy atom. The lowest BCUT2D eigenvalue weighted by molar-refractivity contribution is -0.143. The summed E-state index contributed by atoms with van der Waals surface area (Å²) >= 11 is 0. The van der Waals surface area contributed by atoms with Crippen LogP contribution in [-0.2, 0) is 19.1 Å². The van der Waals surface area contributed by atoms with E-state index in [0.717, 1.165) is 22.3 Å². The van der Waals surface area contributed by atoms with Gasteiger partial charge in [0.15, 0.2) is 6.04 Å². The zero-order valence-corrected chi connectivity index (χ0v) is 17.5. The Morgan fingerprint density at radius 2 is 1.58 bits per heavy atom. The molecule has 0 heterocycles. The van der Waals surface area contributed by atoms with Crippen molar-refractivity contribution in [3.8, 4) is 11.1 Å². The quantitative estimate of drug-likeness (QED) is 0.568. The minimum Gasteiger partial charge on any atom is -0.480 e. The molecule has 0 saturated heterocycles. The number of carboxylic acid groups (broad SMARTS) is 1. The van der Waals surface area contributed by atoms with Crippen LogP contribution in [0.1, 0.15) is 30.4 Å². The van der Waals surface area contributed by atoms with Crippen molar-refractivity contribution < 1.29 is 29.0 Å². The molecule has 0 aliphatic heterocycles. The van der Waals surface area contributed by atoms with E-state index >= 15 is 0 Å². The zero-order valence-electron chi connectivity index (χ0n) is 17.5. The fourth-order valence-electron chi connectivity index (χ4n) is 3.77. The highest BCUT2D eigenvalue weighted by Crippen LogP contribution is 2.44. The average molecular weight is 426 g/mol. The second-order valence-electron chi connectivity index (χ2n) is 7.49. The molecule has 0 aromatic heterocycles. The third kappa shape index (κ3) is 5.40. The zero-order chi connectivity index (χ0) is 22.4. The van der Waals surface area contributed by atoms with Gasteiger partial charge in [0.1, 0.15) is 6.61 Å². The largest absolute Gasteiger partial charge is 0.480 e. The Morgan fingerprint density at radius 3 is 2.13 bits per heavy atom. The molecule has 31 heavy (non-hydrogen) atoms. The number of amides is 2. The summed E-state index contributed by atoms with van der Waals surface area (Å²) in [4.78, 5) is 35.4. The molecule has 8 heteroatoms. The molecule has 3 N–H and O–H groups in total. The van der Waals surface area contributed by atoms with Gasteiger partial charge in [0.2, 0.25) is 5.91 Å². The van der Waals surface area contributed by atoms with Gasteiger partial charge in [-0.3, -0.25) is 4.79 Å². The van der Waals surface area contributed by atoms with E-state index in [-0.39, 0.29) is 25.6 Å². The highest BCUT2D eigenvalue weighted by molar-refractivity contribution is 5.84. The maximum atomic E-state index is 12.3. The number of rotatable bonds is 9. The van der Waals surface area contributed by atoms with Crippen molar-refractivity contribution in [3.63, 3.8) is 0 Å². The number of hydrogen-bond donors (Lipinski definition) is 3. The number of carboxylic acids is 1. The lowest BCUT2D eigenvalue weighted by Gasteiger charge is -2.18. The SMILES string of the molecule is COCC(NC(=O)C[C@@H](C)NC(=O)OCC1c2ccccc2-c2ccccc21)C(=O)O. The van der Waals surface area contributed by atoms with Gasteiger partial charge < -0.3 is 25.2 Å². The van der Waals surface area contributed by atoms with Crippen LogP contribution in [0.25, 0.3) is 11.1 Å². The van der Waals surface area contributed by atoms with Gasteiger partial charge in [0.25, 0.3) is 0 Å². The third-order valence-corrected chi connectivity index (χ3v) is 5.17. The van der Waals surface area contributed by atoms with Crippen molar-refractivity contribution in [1.82, 2.24) is 10.6 Å². The maximum Gasteiger partial charge on any atom is 0.407 e. The molecule has 0 saturated carbocycles. The number of carbonyl (C=O) groups excluding carboxylic acids is 2. The average Bonchev–Trinajstić information content (AvgIpc) is 3.05. The first-order valence-corrected chi connectivity index (χ1v) is 10.0. The van der Waals surface area contributed by atoms with Crippen molar-refractivity contribution in [2.24, 2.45) is 0 Å². The van der Waals surface area contributed by atoms with Crippen LogP contribution in [0.4, 0.5) is 4.79 Å². The van der Waals surface area contributed by atoms with Crippen LogP contribution in [-0.4, -0.2) is 55.5 Å². The normalized spacial score (nSPS) is 14.1. The molecule has 2 aromatic rings. The van der Waals surface area contributed by atoms with E-state index in [4.69, 9.17) is 14.6 Å². The maximum absolute atomic E-state index is 12.3. The minimum absolute atomic E-state index is 0.0536. The highest BCUT2D eigenvalue weighted by Gasteiger charge is 2.29. The highest BCUT2D eigenvalue weighted by atomic mass is 16.5. The molecule has 1 aliphatic carbocycles. The fourth-order valence-corrected chi connectivity index (χ4v) is 3.77. The van der Waals surface area contributed by atoms with Gasteiger partial charge in [0, 0.05) is 25.5 Å². The molecular weight excluding hydrogens is 400 g/mol. The van der Waals surface area contributed by atoms with Crippen LogP contribution in [0.3, 0.4) is 0 Å². The Labute approximate surface area is 180 Å². The van der Waals surface area contributed by atoms with E-state index < -0.39 is 30.1 Å². The van der Waals surface area contributed by atoms with E-state index in [1.165, 1.54) is 7.11 Å². The van der Waals surface area contributed by atoms with E-state index in [0.29, 0.717) is 0 Å². The summed E-state index contributed by atoms with van der Waals surface area (Å²) in [7, 11) is 1.35. The molecule has 164 valence electrons. The van der Waals surface area contributed by atoms with Crippen molar-refractivity contribution in [2.75, 3.05) is 20.3 Å². The van der Waals surface area contributed by atoms with Crippen molar-refractivity contribution >= 4 is 18.0 Å². The summed E-state index contributed by atoms with van der Waals surface area (Å²) in [6, 6.07) is 14.4. The number of nitrogens with one attached hydrogen (secondary N) is 2. The standard InChI is InChI=1S/C23H26N2O6/c1-14(11-21(26)25-20(13-30-2)22(27)28)24-23(29)31-12-19-17-9-5-3-7-15(17)16-8-4-6-10-18(16)19/h3-10,14,19-20H,11-13H2,1-2H3,(H,24,29)(H,25,26)(H,27,28)/t14-,20?/m1/s1. The summed E-state index contributed by atoms with van der Waals surface area (Å²) in [5.74, 6) is -1.75. The molecule has 8 nitrogen and oxygen atoms in total. The van der Waals surface area contributed by atoms with E-state index in [2.05, 4.69) is 22.8 Å². The smallest absolute Gasteiger partial charge is 0.407 e. The number of hydrogen-bond acceptors (Lipinski definition) is 5. The number of benzene rings is 2. The predicted molar refractivity (Wildman–Crippen MR) is 114 cm³/mol. The first-order chi connectivity index (χ1) is 14.9. The summed E-state index contributed by atoms with van der Waals surface area (Å²) in [5.41, 5.74) is 4.51. The van der Waals surface area contributed by atoms with E-state index in [9.17, 15) is 14.4 Å². The Hall–Kier alpha value is -3.39. The Balaban J connectivity index is 1.52. The number of ether oxygens (including phenoxy) is 2. The first kappa shape index (κ1) is 22.3. The van der Waals surface area contributed by atoms with Gasteiger partial charge in [-0.1, -0.05) is 48.5 Å². The number of alkyl carbamates (subject to hydrolysis) is 1. The van der Waals surface area contributed by atoms with Gasteiger partial charge in [-0.15, -0.1) is 0 Å². The van der Waals surface area contributed by atoms with Gasteiger partial charge in [0.05, 0.1) is 6.61 Å². The van der Waals surface area contributed by atoms with E-state index in [1.807, 2.05) is 36.4 Å². The van der Waals surface area contributed by atoms with Gasteiger partial charge in [-0.05, 0) is 29.2 Å². The van der Waals surface area contributed by atoms with Crippen LogP contribution in [0.5, 0.6) is 0 Å². The Bertz CT molecular complexity index is 915. The van der Waals surface area contributed by atoms with Gasteiger partial charge in [-0.25, -0.2) is 9.59 Å². The van der Waals surface area contributed by atoms with E-state index in [1.54, 1.807) is 6.92 Å². The van der Waals surface area contributed by atoms with Crippen LogP contribution in [0.15, 0.2) is 48.5 Å². The second-order valence-corrected chi connectivity index (χ2v) is 7.49. The molecule has 0 fully saturated rings. The topological polar surface area (TPSA) is 114 Å². The Kier molecular flexibility index (Phi) is 7.25. The fraction of sp³-hybridized carbons (Fsp3) is 0.348.